The first kappa shape index (κ1) is 17.3. The molecule has 0 radical (unpaired) electrons. The molecule has 1 saturated carbocycles. The molecule has 3 N–H and O–H groups in total. The molecule has 2 aliphatic rings. The second kappa shape index (κ2) is 8.01. The van der Waals surface area contributed by atoms with E-state index in [0.29, 0.717) is 12.0 Å². The standard InChI is InChI=1S/C18H31N5O/c1-13-17(14(2)22-21-13)12-23-9-5-6-15(11-23)10-19-18(24)20-16-7-3-4-8-16/h15-16H,3-12H2,1-2H3,(H,21,22)(H2,19,20,24)/t15-/m1/s1. The Kier molecular flexibility index (Phi) is 5.76. The van der Waals surface area contributed by atoms with Crippen LogP contribution < -0.4 is 10.6 Å². The van der Waals surface area contributed by atoms with Gasteiger partial charge in [0.05, 0.1) is 5.69 Å². The summed E-state index contributed by atoms with van der Waals surface area (Å²) in [5.74, 6) is 0.542. The average molecular weight is 333 g/mol. The maximum Gasteiger partial charge on any atom is 0.315 e. The minimum atomic E-state index is 0.0144. The lowest BCUT2D eigenvalue weighted by Crippen LogP contribution is -2.45. The van der Waals surface area contributed by atoms with Gasteiger partial charge in [-0.1, -0.05) is 12.8 Å². The van der Waals surface area contributed by atoms with E-state index in [1.165, 1.54) is 36.9 Å². The van der Waals surface area contributed by atoms with Crippen molar-refractivity contribution in [1.29, 1.82) is 0 Å². The molecule has 6 heteroatoms. The fourth-order valence-corrected chi connectivity index (χ4v) is 4.04. The Bertz CT molecular complexity index is 530. The Morgan fingerprint density at radius 2 is 2.04 bits per heavy atom. The lowest BCUT2D eigenvalue weighted by molar-refractivity contribution is 0.164. The Balaban J connectivity index is 1.42. The second-order valence-electron chi connectivity index (χ2n) is 7.49. The molecule has 24 heavy (non-hydrogen) atoms. The lowest BCUT2D eigenvalue weighted by Gasteiger charge is -2.33. The topological polar surface area (TPSA) is 73.0 Å². The van der Waals surface area contributed by atoms with E-state index < -0.39 is 0 Å². The van der Waals surface area contributed by atoms with E-state index in [2.05, 4.69) is 39.6 Å². The summed E-state index contributed by atoms with van der Waals surface area (Å²) in [5, 5.41) is 13.6. The highest BCUT2D eigenvalue weighted by Crippen LogP contribution is 2.20. The SMILES string of the molecule is Cc1n[nH]c(C)c1CN1CCC[C@H](CNC(=O)NC2CCCC2)C1. The summed E-state index contributed by atoms with van der Waals surface area (Å²) >= 11 is 0. The Labute approximate surface area is 144 Å². The molecule has 0 aromatic carbocycles. The molecule has 1 atom stereocenters. The van der Waals surface area contributed by atoms with Gasteiger partial charge in [-0.05, 0) is 52.0 Å². The summed E-state index contributed by atoms with van der Waals surface area (Å²) in [6, 6.07) is 0.403. The van der Waals surface area contributed by atoms with E-state index in [0.717, 1.165) is 44.7 Å². The molecule has 0 bridgehead atoms. The summed E-state index contributed by atoms with van der Waals surface area (Å²) in [5.41, 5.74) is 3.59. The van der Waals surface area contributed by atoms with Gasteiger partial charge >= 0.3 is 6.03 Å². The van der Waals surface area contributed by atoms with Crippen molar-refractivity contribution in [3.63, 3.8) is 0 Å². The normalized spacial score (nSPS) is 22.7. The van der Waals surface area contributed by atoms with Gasteiger partial charge in [0.25, 0.3) is 0 Å². The van der Waals surface area contributed by atoms with E-state index >= 15 is 0 Å². The molecule has 1 aliphatic carbocycles. The third kappa shape index (κ3) is 4.50. The van der Waals surface area contributed by atoms with Crippen LogP contribution in [0.5, 0.6) is 0 Å². The van der Waals surface area contributed by atoms with Gasteiger partial charge in [-0.15, -0.1) is 0 Å². The largest absolute Gasteiger partial charge is 0.338 e. The van der Waals surface area contributed by atoms with Crippen LogP contribution in [0.3, 0.4) is 0 Å². The van der Waals surface area contributed by atoms with Crippen molar-refractivity contribution in [3.8, 4) is 0 Å². The number of H-pyrrole nitrogens is 1. The molecule has 2 amide bonds. The van der Waals surface area contributed by atoms with E-state index in [4.69, 9.17) is 0 Å². The van der Waals surface area contributed by atoms with Crippen LogP contribution in [0.15, 0.2) is 0 Å². The molecule has 1 aliphatic heterocycles. The zero-order valence-corrected chi connectivity index (χ0v) is 15.0. The predicted molar refractivity (Wildman–Crippen MR) is 94.9 cm³/mol. The number of carbonyl (C=O) groups is 1. The summed E-state index contributed by atoms with van der Waals surface area (Å²) in [6.07, 6.45) is 7.16. The number of urea groups is 1. The van der Waals surface area contributed by atoms with E-state index in [1.807, 2.05) is 0 Å². The summed E-state index contributed by atoms with van der Waals surface area (Å²) in [6.45, 7) is 8.07. The molecular weight excluding hydrogens is 302 g/mol. The molecule has 0 unspecified atom stereocenters. The molecule has 6 nitrogen and oxygen atoms in total. The van der Waals surface area contributed by atoms with Gasteiger partial charge in [-0.25, -0.2) is 4.79 Å². The average Bonchev–Trinajstić information content (AvgIpc) is 3.19. The predicted octanol–water partition coefficient (Wildman–Crippen LogP) is 2.48. The molecule has 3 rings (SSSR count). The van der Waals surface area contributed by atoms with Gasteiger partial charge < -0.3 is 10.6 Å². The highest BCUT2D eigenvalue weighted by atomic mass is 16.2. The maximum atomic E-state index is 12.0. The van der Waals surface area contributed by atoms with Crippen LogP contribution in [-0.2, 0) is 6.54 Å². The zero-order valence-electron chi connectivity index (χ0n) is 15.0. The molecule has 1 aromatic heterocycles. The van der Waals surface area contributed by atoms with Gasteiger partial charge in [0, 0.05) is 36.9 Å². The number of carbonyl (C=O) groups excluding carboxylic acids is 1. The molecule has 2 fully saturated rings. The van der Waals surface area contributed by atoms with Crippen molar-refractivity contribution in [3.05, 3.63) is 17.0 Å². The Morgan fingerprint density at radius 1 is 1.25 bits per heavy atom. The smallest absolute Gasteiger partial charge is 0.315 e. The number of aromatic amines is 1. The monoisotopic (exact) mass is 333 g/mol. The highest BCUT2D eigenvalue weighted by molar-refractivity contribution is 5.74. The fraction of sp³-hybridized carbons (Fsp3) is 0.778. The zero-order chi connectivity index (χ0) is 16.9. The summed E-state index contributed by atoms with van der Waals surface area (Å²) in [4.78, 5) is 14.5. The van der Waals surface area contributed by atoms with Crippen molar-refractivity contribution >= 4 is 6.03 Å². The van der Waals surface area contributed by atoms with Crippen LogP contribution in [0.4, 0.5) is 4.79 Å². The van der Waals surface area contributed by atoms with Crippen LogP contribution in [0.2, 0.25) is 0 Å². The highest BCUT2D eigenvalue weighted by Gasteiger charge is 2.23. The van der Waals surface area contributed by atoms with Gasteiger partial charge in [0.15, 0.2) is 0 Å². The van der Waals surface area contributed by atoms with Crippen LogP contribution in [0.25, 0.3) is 0 Å². The number of nitrogens with zero attached hydrogens (tertiary/aromatic N) is 2. The van der Waals surface area contributed by atoms with Crippen molar-refractivity contribution in [1.82, 2.24) is 25.7 Å². The summed E-state index contributed by atoms with van der Waals surface area (Å²) in [7, 11) is 0. The molecular formula is C18H31N5O. The Hall–Kier alpha value is -1.56. The van der Waals surface area contributed by atoms with Crippen molar-refractivity contribution in [2.24, 2.45) is 5.92 Å². The van der Waals surface area contributed by atoms with Crippen molar-refractivity contribution < 1.29 is 4.79 Å². The number of piperidine rings is 1. The van der Waals surface area contributed by atoms with Crippen molar-refractivity contribution in [2.45, 2.75) is 65.0 Å². The number of aromatic nitrogens is 2. The number of likely N-dealkylation sites (tertiary alicyclic amines) is 1. The van der Waals surface area contributed by atoms with Gasteiger partial charge in [-0.2, -0.15) is 5.10 Å². The maximum absolute atomic E-state index is 12.0. The fourth-order valence-electron chi connectivity index (χ4n) is 4.04. The molecule has 1 aromatic rings. The number of amides is 2. The molecule has 1 saturated heterocycles. The van der Waals surface area contributed by atoms with Crippen LogP contribution in [0, 0.1) is 19.8 Å². The van der Waals surface area contributed by atoms with Crippen molar-refractivity contribution in [2.75, 3.05) is 19.6 Å². The van der Waals surface area contributed by atoms with E-state index in [-0.39, 0.29) is 6.03 Å². The van der Waals surface area contributed by atoms with Gasteiger partial charge in [0.1, 0.15) is 0 Å². The quantitative estimate of drug-likeness (QED) is 0.775. The first-order valence-corrected chi connectivity index (χ1v) is 9.39. The van der Waals surface area contributed by atoms with Crippen LogP contribution in [0.1, 0.15) is 55.5 Å². The number of hydrogen-bond acceptors (Lipinski definition) is 3. The van der Waals surface area contributed by atoms with E-state index in [1.54, 1.807) is 0 Å². The number of aryl methyl sites for hydroxylation is 2. The molecule has 134 valence electrons. The number of nitrogens with one attached hydrogen (secondary N) is 3. The van der Waals surface area contributed by atoms with Crippen LogP contribution in [-0.4, -0.2) is 46.8 Å². The Morgan fingerprint density at radius 3 is 2.75 bits per heavy atom. The van der Waals surface area contributed by atoms with Crippen LogP contribution >= 0.6 is 0 Å². The third-order valence-electron chi connectivity index (χ3n) is 5.51. The van der Waals surface area contributed by atoms with Gasteiger partial charge in [0.2, 0.25) is 0 Å². The molecule has 2 heterocycles. The lowest BCUT2D eigenvalue weighted by atomic mass is 9.97. The number of rotatable bonds is 5. The minimum Gasteiger partial charge on any atom is -0.338 e. The summed E-state index contributed by atoms with van der Waals surface area (Å²) < 4.78 is 0. The second-order valence-corrected chi connectivity index (χ2v) is 7.49. The third-order valence-corrected chi connectivity index (χ3v) is 5.51. The molecule has 0 spiro atoms. The van der Waals surface area contributed by atoms with E-state index in [9.17, 15) is 4.79 Å². The minimum absolute atomic E-state index is 0.0144. The first-order valence-electron chi connectivity index (χ1n) is 9.39. The van der Waals surface area contributed by atoms with Gasteiger partial charge in [-0.3, -0.25) is 10.00 Å². The number of hydrogen-bond donors (Lipinski definition) is 3. The first-order chi connectivity index (χ1) is 11.6.